The van der Waals surface area contributed by atoms with Crippen LogP contribution in [0.1, 0.15) is 26.3 Å². The summed E-state index contributed by atoms with van der Waals surface area (Å²) in [6.07, 6.45) is 0. The Hall–Kier alpha value is -3.35. The Bertz CT molecular complexity index is 1050. The van der Waals surface area contributed by atoms with Gasteiger partial charge in [0.15, 0.2) is 5.78 Å². The molecule has 3 N–H and O–H groups in total. The van der Waals surface area contributed by atoms with Gasteiger partial charge in [-0.05, 0) is 48.5 Å². The minimum absolute atomic E-state index is 0.121. The average Bonchev–Trinajstić information content (AvgIpc) is 2.77. The number of methoxy groups -OCH3 is 1. The predicted octanol–water partition coefficient (Wildman–Crippen LogP) is 4.05. The summed E-state index contributed by atoms with van der Waals surface area (Å²) in [6.45, 7) is -0.0531. The number of ether oxygens (including phenoxy) is 1. The molecule has 3 rings (SSSR count). The zero-order chi connectivity index (χ0) is 21.5. The maximum absolute atomic E-state index is 13.1. The number of aliphatic hydroxyl groups excluding tert-OH is 1. The number of amides is 1. The van der Waals surface area contributed by atoms with E-state index in [-0.39, 0.29) is 35.1 Å². The molecule has 0 aliphatic rings. The summed E-state index contributed by atoms with van der Waals surface area (Å²) in [5.41, 5.74) is 2.44. The Morgan fingerprint density at radius 3 is 2.40 bits per heavy atom. The fourth-order valence-corrected chi connectivity index (χ4v) is 3.17. The highest BCUT2D eigenvalue weighted by Gasteiger charge is 2.20. The summed E-state index contributed by atoms with van der Waals surface area (Å²) in [5.74, 6) is -0.421. The second kappa shape index (κ2) is 9.91. The molecule has 6 nitrogen and oxygen atoms in total. The van der Waals surface area contributed by atoms with E-state index >= 15 is 0 Å². The number of hydrogen-bond acceptors (Lipinski definition) is 5. The van der Waals surface area contributed by atoms with Gasteiger partial charge < -0.3 is 20.5 Å². The SMILES string of the molecule is COc1ccc(C(=O)NCCO)cc1C(=O)c1ccc(Nc2ccccc2)cc1Cl. The highest BCUT2D eigenvalue weighted by Crippen LogP contribution is 2.29. The van der Waals surface area contributed by atoms with E-state index in [1.165, 1.54) is 13.2 Å². The third kappa shape index (κ3) is 4.97. The number of anilines is 2. The maximum atomic E-state index is 13.1. The van der Waals surface area contributed by atoms with Crippen LogP contribution in [-0.4, -0.2) is 37.1 Å². The lowest BCUT2D eigenvalue weighted by Crippen LogP contribution is -2.26. The molecule has 3 aromatic rings. The lowest BCUT2D eigenvalue weighted by Gasteiger charge is -2.12. The maximum Gasteiger partial charge on any atom is 0.251 e. The van der Waals surface area contributed by atoms with Gasteiger partial charge in [0, 0.05) is 29.0 Å². The summed E-state index contributed by atoms with van der Waals surface area (Å²) in [4.78, 5) is 25.3. The van der Waals surface area contributed by atoms with E-state index in [0.29, 0.717) is 11.3 Å². The van der Waals surface area contributed by atoms with Gasteiger partial charge in [-0.15, -0.1) is 0 Å². The van der Waals surface area contributed by atoms with Crippen LogP contribution in [0, 0.1) is 0 Å². The lowest BCUT2D eigenvalue weighted by atomic mass is 9.99. The van der Waals surface area contributed by atoms with Crippen LogP contribution in [-0.2, 0) is 0 Å². The Labute approximate surface area is 179 Å². The molecule has 0 unspecified atom stereocenters. The fraction of sp³-hybridized carbons (Fsp3) is 0.130. The molecule has 7 heteroatoms. The van der Waals surface area contributed by atoms with Gasteiger partial charge in [0.1, 0.15) is 5.75 Å². The average molecular weight is 425 g/mol. The number of halogens is 1. The van der Waals surface area contributed by atoms with E-state index in [4.69, 9.17) is 21.4 Å². The van der Waals surface area contributed by atoms with Crippen LogP contribution < -0.4 is 15.4 Å². The molecule has 0 heterocycles. The molecule has 0 atom stereocenters. The minimum atomic E-state index is -0.394. The van der Waals surface area contributed by atoms with E-state index in [1.54, 1.807) is 30.3 Å². The topological polar surface area (TPSA) is 87.7 Å². The molecule has 0 fully saturated rings. The van der Waals surface area contributed by atoms with Crippen molar-refractivity contribution < 1.29 is 19.4 Å². The minimum Gasteiger partial charge on any atom is -0.496 e. The molecular weight excluding hydrogens is 404 g/mol. The summed E-state index contributed by atoms with van der Waals surface area (Å²) < 4.78 is 5.30. The van der Waals surface area contributed by atoms with Gasteiger partial charge in [-0.2, -0.15) is 0 Å². The molecule has 154 valence electrons. The van der Waals surface area contributed by atoms with Crippen LogP contribution in [0.4, 0.5) is 11.4 Å². The number of ketones is 1. The summed E-state index contributed by atoms with van der Waals surface area (Å²) in [5, 5.41) is 14.9. The Morgan fingerprint density at radius 1 is 0.967 bits per heavy atom. The third-order valence-electron chi connectivity index (χ3n) is 4.38. The quantitative estimate of drug-likeness (QED) is 0.475. The van der Waals surface area contributed by atoms with Crippen molar-refractivity contribution in [1.82, 2.24) is 5.32 Å². The molecule has 0 radical (unpaired) electrons. The first-order valence-corrected chi connectivity index (χ1v) is 9.64. The van der Waals surface area contributed by atoms with Crippen LogP contribution in [0.5, 0.6) is 5.75 Å². The molecule has 0 aliphatic carbocycles. The number of nitrogens with one attached hydrogen (secondary N) is 2. The number of para-hydroxylation sites is 1. The van der Waals surface area contributed by atoms with Crippen LogP contribution in [0.3, 0.4) is 0 Å². The van der Waals surface area contributed by atoms with Gasteiger partial charge in [0.25, 0.3) is 5.91 Å². The lowest BCUT2D eigenvalue weighted by molar-refractivity contribution is 0.0944. The third-order valence-corrected chi connectivity index (χ3v) is 4.69. The first-order valence-electron chi connectivity index (χ1n) is 9.27. The van der Waals surface area contributed by atoms with Gasteiger partial charge in [-0.1, -0.05) is 29.8 Å². The van der Waals surface area contributed by atoms with E-state index in [9.17, 15) is 9.59 Å². The van der Waals surface area contributed by atoms with Gasteiger partial charge in [0.05, 0.1) is 24.3 Å². The highest BCUT2D eigenvalue weighted by atomic mass is 35.5. The summed E-state index contributed by atoms with van der Waals surface area (Å²) >= 11 is 6.40. The molecule has 3 aromatic carbocycles. The summed E-state index contributed by atoms with van der Waals surface area (Å²) in [7, 11) is 1.45. The Morgan fingerprint density at radius 2 is 1.73 bits per heavy atom. The largest absolute Gasteiger partial charge is 0.496 e. The number of carbonyl (C=O) groups excluding carboxylic acids is 2. The van der Waals surface area contributed by atoms with Gasteiger partial charge >= 0.3 is 0 Å². The molecule has 0 saturated carbocycles. The van der Waals surface area contributed by atoms with E-state index in [1.807, 2.05) is 30.3 Å². The van der Waals surface area contributed by atoms with Crippen molar-refractivity contribution in [2.45, 2.75) is 0 Å². The van der Waals surface area contributed by atoms with E-state index in [0.717, 1.165) is 11.4 Å². The van der Waals surface area contributed by atoms with Crippen LogP contribution >= 0.6 is 11.6 Å². The van der Waals surface area contributed by atoms with Crippen molar-refractivity contribution in [3.8, 4) is 5.75 Å². The zero-order valence-corrected chi connectivity index (χ0v) is 17.1. The Balaban J connectivity index is 1.89. The van der Waals surface area contributed by atoms with Crippen molar-refractivity contribution in [1.29, 1.82) is 0 Å². The fourth-order valence-electron chi connectivity index (χ4n) is 2.91. The monoisotopic (exact) mass is 424 g/mol. The summed E-state index contributed by atoms with van der Waals surface area (Å²) in [6, 6.07) is 19.2. The number of rotatable bonds is 8. The molecule has 1 amide bonds. The van der Waals surface area contributed by atoms with Gasteiger partial charge in [0.2, 0.25) is 0 Å². The van der Waals surface area contributed by atoms with Crippen LogP contribution in [0.15, 0.2) is 66.7 Å². The first kappa shape index (κ1) is 21.4. The van der Waals surface area contributed by atoms with Crippen molar-refractivity contribution in [3.63, 3.8) is 0 Å². The molecule has 0 aliphatic heterocycles. The second-order valence-corrected chi connectivity index (χ2v) is 6.82. The standard InChI is InChI=1S/C23H21ClN2O4/c1-30-21-10-7-15(23(29)25-11-12-27)13-19(21)22(28)18-9-8-17(14-20(18)24)26-16-5-3-2-4-6-16/h2-10,13-14,26-27H,11-12H2,1H3,(H,25,29). The van der Waals surface area contributed by atoms with E-state index in [2.05, 4.69) is 10.6 Å². The molecule has 0 aromatic heterocycles. The molecule has 0 saturated heterocycles. The first-order chi connectivity index (χ1) is 14.5. The van der Waals surface area contributed by atoms with Crippen molar-refractivity contribution in [3.05, 3.63) is 88.4 Å². The predicted molar refractivity (Wildman–Crippen MR) is 117 cm³/mol. The number of carbonyl (C=O) groups is 2. The van der Waals surface area contributed by atoms with Gasteiger partial charge in [-0.3, -0.25) is 9.59 Å². The number of aliphatic hydroxyl groups is 1. The zero-order valence-electron chi connectivity index (χ0n) is 16.3. The Kier molecular flexibility index (Phi) is 7.06. The molecule has 0 bridgehead atoms. The molecule has 30 heavy (non-hydrogen) atoms. The van der Waals surface area contributed by atoms with Crippen molar-refractivity contribution in [2.24, 2.45) is 0 Å². The molecule has 0 spiro atoms. The van der Waals surface area contributed by atoms with Crippen molar-refractivity contribution >= 4 is 34.7 Å². The van der Waals surface area contributed by atoms with Crippen LogP contribution in [0.25, 0.3) is 0 Å². The number of hydrogen-bond donors (Lipinski definition) is 3. The van der Waals surface area contributed by atoms with Crippen LogP contribution in [0.2, 0.25) is 5.02 Å². The highest BCUT2D eigenvalue weighted by molar-refractivity contribution is 6.35. The normalized spacial score (nSPS) is 10.4. The van der Waals surface area contributed by atoms with Crippen molar-refractivity contribution in [2.75, 3.05) is 25.6 Å². The molecular formula is C23H21ClN2O4. The van der Waals surface area contributed by atoms with E-state index < -0.39 is 5.91 Å². The van der Waals surface area contributed by atoms with Gasteiger partial charge in [-0.25, -0.2) is 0 Å². The second-order valence-electron chi connectivity index (χ2n) is 6.41. The number of benzene rings is 3. The smallest absolute Gasteiger partial charge is 0.251 e.